The predicted octanol–water partition coefficient (Wildman–Crippen LogP) is 4.38. The summed E-state index contributed by atoms with van der Waals surface area (Å²) >= 11 is 7.71. The highest BCUT2D eigenvalue weighted by atomic mass is 35.5. The van der Waals surface area contributed by atoms with Crippen molar-refractivity contribution in [3.8, 4) is 0 Å². The molecule has 6 heteroatoms. The first-order chi connectivity index (χ1) is 11.6. The summed E-state index contributed by atoms with van der Waals surface area (Å²) in [4.78, 5) is 14.1. The Morgan fingerprint density at radius 2 is 1.67 bits per heavy atom. The van der Waals surface area contributed by atoms with Gasteiger partial charge in [0.05, 0.1) is 10.6 Å². The zero-order valence-electron chi connectivity index (χ0n) is 12.5. The first kappa shape index (κ1) is 16.4. The van der Waals surface area contributed by atoms with Gasteiger partial charge in [0.2, 0.25) is 0 Å². The van der Waals surface area contributed by atoms with Crippen LogP contribution in [0.1, 0.15) is 10.4 Å². The SMILES string of the molecule is O=C(Nc1ccc(Sc2ccccc2Cl)cc1)c1cc[n+]([O-])cc1. The van der Waals surface area contributed by atoms with Gasteiger partial charge in [-0.3, -0.25) is 4.79 Å². The molecule has 0 bridgehead atoms. The van der Waals surface area contributed by atoms with Gasteiger partial charge in [0.15, 0.2) is 12.4 Å². The molecule has 0 fully saturated rings. The lowest BCUT2D eigenvalue weighted by molar-refractivity contribution is -0.605. The van der Waals surface area contributed by atoms with Crippen molar-refractivity contribution in [1.82, 2.24) is 0 Å². The average Bonchev–Trinajstić information content (AvgIpc) is 2.59. The first-order valence-electron chi connectivity index (χ1n) is 7.14. The van der Waals surface area contributed by atoms with Crippen molar-refractivity contribution in [3.05, 3.63) is 88.9 Å². The Kier molecular flexibility index (Phi) is 5.03. The molecule has 0 aliphatic heterocycles. The lowest BCUT2D eigenvalue weighted by atomic mass is 10.2. The fourth-order valence-corrected chi connectivity index (χ4v) is 3.12. The Morgan fingerprint density at radius 1 is 1.00 bits per heavy atom. The van der Waals surface area contributed by atoms with Crippen LogP contribution in [-0.2, 0) is 0 Å². The van der Waals surface area contributed by atoms with Crippen molar-refractivity contribution >= 4 is 35.0 Å². The summed E-state index contributed by atoms with van der Waals surface area (Å²) in [5.41, 5.74) is 1.11. The van der Waals surface area contributed by atoms with Crippen molar-refractivity contribution in [1.29, 1.82) is 0 Å². The van der Waals surface area contributed by atoms with E-state index in [4.69, 9.17) is 11.6 Å². The second kappa shape index (κ2) is 7.38. The second-order valence-corrected chi connectivity index (χ2v) is 6.48. The summed E-state index contributed by atoms with van der Waals surface area (Å²) in [6.45, 7) is 0. The third-order valence-electron chi connectivity index (χ3n) is 3.24. The number of carbonyl (C=O) groups is 1. The molecular formula is C18H13ClN2O2S. The van der Waals surface area contributed by atoms with E-state index in [1.807, 2.05) is 48.5 Å². The van der Waals surface area contributed by atoms with Gasteiger partial charge >= 0.3 is 0 Å². The third-order valence-corrected chi connectivity index (χ3v) is 4.77. The Bertz CT molecular complexity index is 852. The number of amides is 1. The van der Waals surface area contributed by atoms with Crippen LogP contribution in [0, 0.1) is 5.21 Å². The van der Waals surface area contributed by atoms with Crippen LogP contribution in [0.4, 0.5) is 5.69 Å². The lowest BCUT2D eigenvalue weighted by Crippen LogP contribution is -2.25. The van der Waals surface area contributed by atoms with E-state index in [9.17, 15) is 10.0 Å². The van der Waals surface area contributed by atoms with Gasteiger partial charge in [0.25, 0.3) is 5.91 Å². The van der Waals surface area contributed by atoms with Crippen LogP contribution in [0.5, 0.6) is 0 Å². The molecule has 24 heavy (non-hydrogen) atoms. The number of aromatic nitrogens is 1. The number of nitrogens with zero attached hydrogens (tertiary/aromatic N) is 1. The number of hydrogen-bond acceptors (Lipinski definition) is 3. The van der Waals surface area contributed by atoms with Crippen LogP contribution in [0.2, 0.25) is 5.02 Å². The van der Waals surface area contributed by atoms with E-state index in [-0.39, 0.29) is 5.91 Å². The van der Waals surface area contributed by atoms with E-state index in [1.165, 1.54) is 24.5 Å². The molecule has 0 atom stereocenters. The molecule has 1 N–H and O–H groups in total. The molecule has 0 saturated heterocycles. The highest BCUT2D eigenvalue weighted by molar-refractivity contribution is 7.99. The van der Waals surface area contributed by atoms with E-state index in [0.29, 0.717) is 21.0 Å². The molecule has 120 valence electrons. The standard InChI is InChI=1S/C18H13ClN2O2S/c19-16-3-1-2-4-17(16)24-15-7-5-14(6-8-15)20-18(22)13-9-11-21(23)12-10-13/h1-12H,(H,20,22). The largest absolute Gasteiger partial charge is 0.619 e. The molecule has 1 amide bonds. The van der Waals surface area contributed by atoms with Gasteiger partial charge < -0.3 is 10.5 Å². The van der Waals surface area contributed by atoms with E-state index in [2.05, 4.69) is 5.32 Å². The first-order valence-corrected chi connectivity index (χ1v) is 8.34. The number of carbonyl (C=O) groups excluding carboxylic acids is 1. The van der Waals surface area contributed by atoms with Gasteiger partial charge in [-0.05, 0) is 36.4 Å². The molecular weight excluding hydrogens is 344 g/mol. The Hall–Kier alpha value is -2.50. The Labute approximate surface area is 148 Å². The fraction of sp³-hybridized carbons (Fsp3) is 0. The maximum absolute atomic E-state index is 12.1. The van der Waals surface area contributed by atoms with Crippen LogP contribution < -0.4 is 10.0 Å². The molecule has 0 saturated carbocycles. The van der Waals surface area contributed by atoms with Crippen LogP contribution in [-0.4, -0.2) is 5.91 Å². The molecule has 0 spiro atoms. The van der Waals surface area contributed by atoms with Gasteiger partial charge in [0.1, 0.15) is 0 Å². The lowest BCUT2D eigenvalue weighted by Gasteiger charge is -2.07. The molecule has 3 rings (SSSR count). The molecule has 2 aromatic carbocycles. The van der Waals surface area contributed by atoms with Crippen LogP contribution in [0.15, 0.2) is 82.8 Å². The number of pyridine rings is 1. The normalized spacial score (nSPS) is 10.4. The molecule has 4 nitrogen and oxygen atoms in total. The van der Waals surface area contributed by atoms with Crippen molar-refractivity contribution in [2.75, 3.05) is 5.32 Å². The number of rotatable bonds is 4. The zero-order valence-corrected chi connectivity index (χ0v) is 14.1. The smallest absolute Gasteiger partial charge is 0.256 e. The maximum atomic E-state index is 12.1. The second-order valence-electron chi connectivity index (χ2n) is 4.96. The zero-order chi connectivity index (χ0) is 16.9. The average molecular weight is 357 g/mol. The minimum absolute atomic E-state index is 0.262. The van der Waals surface area contributed by atoms with Crippen molar-refractivity contribution in [2.24, 2.45) is 0 Å². The highest BCUT2D eigenvalue weighted by Gasteiger charge is 2.08. The van der Waals surface area contributed by atoms with Gasteiger partial charge in [-0.25, -0.2) is 0 Å². The minimum atomic E-state index is -0.262. The van der Waals surface area contributed by atoms with Gasteiger partial charge in [-0.15, -0.1) is 0 Å². The Morgan fingerprint density at radius 3 is 2.33 bits per heavy atom. The number of benzene rings is 2. The van der Waals surface area contributed by atoms with Crippen molar-refractivity contribution in [3.63, 3.8) is 0 Å². The van der Waals surface area contributed by atoms with E-state index < -0.39 is 0 Å². The fourth-order valence-electron chi connectivity index (χ4n) is 2.03. The molecule has 0 aliphatic carbocycles. The van der Waals surface area contributed by atoms with Crippen molar-refractivity contribution < 1.29 is 9.52 Å². The maximum Gasteiger partial charge on any atom is 0.256 e. The summed E-state index contributed by atoms with van der Waals surface area (Å²) in [6, 6.07) is 18.1. The molecule has 1 aromatic heterocycles. The van der Waals surface area contributed by atoms with Crippen LogP contribution >= 0.6 is 23.4 Å². The summed E-state index contributed by atoms with van der Waals surface area (Å²) < 4.78 is 0.636. The summed E-state index contributed by atoms with van der Waals surface area (Å²) in [5.74, 6) is -0.262. The minimum Gasteiger partial charge on any atom is -0.619 e. The molecule has 0 aliphatic rings. The molecule has 1 heterocycles. The summed E-state index contributed by atoms with van der Waals surface area (Å²) in [5, 5.41) is 14.5. The van der Waals surface area contributed by atoms with E-state index in [1.54, 1.807) is 11.8 Å². The monoisotopic (exact) mass is 356 g/mol. The van der Waals surface area contributed by atoms with E-state index in [0.717, 1.165) is 9.79 Å². The Balaban J connectivity index is 1.67. The van der Waals surface area contributed by atoms with Gasteiger partial charge in [0, 0.05) is 27.6 Å². The summed E-state index contributed by atoms with van der Waals surface area (Å²) in [7, 11) is 0. The predicted molar refractivity (Wildman–Crippen MR) is 95.4 cm³/mol. The number of halogens is 1. The van der Waals surface area contributed by atoms with Crippen LogP contribution in [0.3, 0.4) is 0 Å². The van der Waals surface area contributed by atoms with Crippen molar-refractivity contribution in [2.45, 2.75) is 9.79 Å². The van der Waals surface area contributed by atoms with E-state index >= 15 is 0 Å². The van der Waals surface area contributed by atoms with Gasteiger partial charge in [-0.2, -0.15) is 4.73 Å². The number of nitrogens with one attached hydrogen (secondary N) is 1. The topological polar surface area (TPSA) is 56.0 Å². The molecule has 0 radical (unpaired) electrons. The van der Waals surface area contributed by atoms with Gasteiger partial charge in [-0.1, -0.05) is 35.5 Å². The highest BCUT2D eigenvalue weighted by Crippen LogP contribution is 2.33. The third kappa shape index (κ3) is 4.07. The number of hydrogen-bond donors (Lipinski definition) is 1. The quantitative estimate of drug-likeness (QED) is 0.557. The number of anilines is 1. The molecule has 3 aromatic rings. The summed E-state index contributed by atoms with van der Waals surface area (Å²) in [6.07, 6.45) is 2.58. The van der Waals surface area contributed by atoms with Crippen LogP contribution in [0.25, 0.3) is 0 Å². The molecule has 0 unspecified atom stereocenters.